The zero-order chi connectivity index (χ0) is 28.3. The minimum atomic E-state index is -0.817. The number of carbonyl (C=O) groups is 3. The number of esters is 1. The standard InChI is InChI=1S/C25H25Cl2N7O4S/c1-5-38-23(37)17(30-20-19(21(35)25(20,2)3)39-24-31-32-33-34(24)4)10-13-6-8-14(9-7-13)29-22(36)18-15(26)11-28-12-16(18)27/h6-9,11-12,17,30H,5,10H2,1-4H3,(H,29,36)/t17-/m0/s1. The number of tetrazole rings is 1. The predicted molar refractivity (Wildman–Crippen MR) is 146 cm³/mol. The van der Waals surface area contributed by atoms with Gasteiger partial charge in [-0.25, -0.2) is 9.48 Å². The molecule has 3 aromatic rings. The highest BCUT2D eigenvalue weighted by atomic mass is 35.5. The van der Waals surface area contributed by atoms with Crippen molar-refractivity contribution in [2.24, 2.45) is 12.5 Å². The Morgan fingerprint density at radius 3 is 2.41 bits per heavy atom. The molecular formula is C25H25Cl2N7O4S. The molecule has 1 aromatic carbocycles. The average molecular weight is 590 g/mol. The smallest absolute Gasteiger partial charge is 0.328 e. The van der Waals surface area contributed by atoms with Crippen molar-refractivity contribution in [3.05, 3.63) is 68.4 Å². The van der Waals surface area contributed by atoms with Crippen molar-refractivity contribution in [3.63, 3.8) is 0 Å². The van der Waals surface area contributed by atoms with Crippen LogP contribution in [0, 0.1) is 5.41 Å². The highest BCUT2D eigenvalue weighted by Crippen LogP contribution is 2.47. The van der Waals surface area contributed by atoms with E-state index in [1.54, 1.807) is 52.1 Å². The molecule has 1 atom stereocenters. The van der Waals surface area contributed by atoms with Gasteiger partial charge in [-0.3, -0.25) is 14.6 Å². The Balaban J connectivity index is 1.52. The Bertz CT molecular complexity index is 1440. The summed E-state index contributed by atoms with van der Waals surface area (Å²) in [4.78, 5) is 42.7. The lowest BCUT2D eigenvalue weighted by molar-refractivity contribution is -0.145. The molecule has 4 rings (SSSR count). The van der Waals surface area contributed by atoms with Crippen molar-refractivity contribution >= 4 is 58.3 Å². The van der Waals surface area contributed by atoms with Crippen molar-refractivity contribution in [1.29, 1.82) is 0 Å². The number of ether oxygens (including phenoxy) is 1. The summed E-state index contributed by atoms with van der Waals surface area (Å²) in [6.45, 7) is 5.51. The number of amides is 1. The van der Waals surface area contributed by atoms with Crippen molar-refractivity contribution in [1.82, 2.24) is 30.5 Å². The topological polar surface area (TPSA) is 141 Å². The van der Waals surface area contributed by atoms with Gasteiger partial charge in [0.15, 0.2) is 5.78 Å². The summed E-state index contributed by atoms with van der Waals surface area (Å²) in [5.74, 6) is -1.00. The van der Waals surface area contributed by atoms with Crippen LogP contribution in [-0.4, -0.2) is 55.5 Å². The van der Waals surface area contributed by atoms with Crippen LogP contribution in [0.5, 0.6) is 0 Å². The van der Waals surface area contributed by atoms with E-state index < -0.39 is 23.3 Å². The molecule has 1 aliphatic rings. The van der Waals surface area contributed by atoms with Crippen LogP contribution >= 0.6 is 35.0 Å². The van der Waals surface area contributed by atoms with Crippen molar-refractivity contribution in [3.8, 4) is 0 Å². The normalized spacial score (nSPS) is 15.0. The molecule has 1 aliphatic carbocycles. The summed E-state index contributed by atoms with van der Waals surface area (Å²) in [5, 5.41) is 18.1. The number of aryl methyl sites for hydroxylation is 1. The summed E-state index contributed by atoms with van der Waals surface area (Å²) in [5.41, 5.74) is 1.24. The van der Waals surface area contributed by atoms with E-state index in [0.717, 1.165) is 17.3 Å². The maximum atomic E-state index is 12.9. The van der Waals surface area contributed by atoms with E-state index in [-0.39, 0.29) is 34.4 Å². The maximum Gasteiger partial charge on any atom is 0.328 e. The fourth-order valence-corrected chi connectivity index (χ4v) is 5.60. The molecule has 0 radical (unpaired) electrons. The van der Waals surface area contributed by atoms with Crippen LogP contribution in [-0.2, 0) is 27.8 Å². The van der Waals surface area contributed by atoms with E-state index in [2.05, 4.69) is 31.1 Å². The highest BCUT2D eigenvalue weighted by molar-refractivity contribution is 8.04. The number of Topliss-reactive ketones (excluding diaryl/α,β-unsaturated/α-hetero) is 1. The lowest BCUT2D eigenvalue weighted by Gasteiger charge is -2.40. The molecule has 0 saturated carbocycles. The fourth-order valence-electron chi connectivity index (χ4n) is 3.87. The first-order valence-electron chi connectivity index (χ1n) is 11.8. The van der Waals surface area contributed by atoms with E-state index in [0.29, 0.717) is 21.4 Å². The second-order valence-corrected chi connectivity index (χ2v) is 10.9. The van der Waals surface area contributed by atoms with Crippen molar-refractivity contribution in [2.75, 3.05) is 11.9 Å². The number of thioether (sulfide) groups is 1. The molecule has 2 aromatic heterocycles. The Kier molecular flexibility index (Phi) is 8.57. The van der Waals surface area contributed by atoms with Crippen molar-refractivity contribution < 1.29 is 19.1 Å². The van der Waals surface area contributed by atoms with Gasteiger partial charge in [-0.2, -0.15) is 0 Å². The largest absolute Gasteiger partial charge is 0.464 e. The van der Waals surface area contributed by atoms with Gasteiger partial charge in [0.25, 0.3) is 5.91 Å². The molecule has 0 fully saturated rings. The van der Waals surface area contributed by atoms with Crippen LogP contribution in [0.1, 0.15) is 36.7 Å². The van der Waals surface area contributed by atoms with Gasteiger partial charge in [0, 0.05) is 37.2 Å². The monoisotopic (exact) mass is 589 g/mol. The van der Waals surface area contributed by atoms with Gasteiger partial charge in [-0.1, -0.05) is 35.3 Å². The highest BCUT2D eigenvalue weighted by Gasteiger charge is 2.48. The number of halogens is 2. The van der Waals surface area contributed by atoms with Gasteiger partial charge >= 0.3 is 5.97 Å². The van der Waals surface area contributed by atoms with Crippen LogP contribution in [0.15, 0.2) is 52.4 Å². The first kappa shape index (κ1) is 28.5. The molecule has 11 nitrogen and oxygen atoms in total. The minimum absolute atomic E-state index is 0.0740. The van der Waals surface area contributed by atoms with E-state index in [9.17, 15) is 14.4 Å². The van der Waals surface area contributed by atoms with Gasteiger partial charge in [0.2, 0.25) is 5.16 Å². The number of anilines is 1. The molecule has 14 heteroatoms. The Morgan fingerprint density at radius 1 is 1.15 bits per heavy atom. The average Bonchev–Trinajstić information content (AvgIpc) is 3.30. The Hall–Kier alpha value is -3.48. The molecular weight excluding hydrogens is 565 g/mol. The molecule has 0 bridgehead atoms. The van der Waals surface area contributed by atoms with Crippen LogP contribution in [0.25, 0.3) is 0 Å². The molecule has 2 heterocycles. The van der Waals surface area contributed by atoms with Gasteiger partial charge in [-0.15, -0.1) is 5.10 Å². The summed E-state index contributed by atoms with van der Waals surface area (Å²) in [6, 6.07) is 6.21. The van der Waals surface area contributed by atoms with E-state index in [1.807, 2.05) is 0 Å². The zero-order valence-corrected chi connectivity index (χ0v) is 23.8. The quantitative estimate of drug-likeness (QED) is 0.335. The van der Waals surface area contributed by atoms with E-state index in [1.165, 1.54) is 17.1 Å². The van der Waals surface area contributed by atoms with E-state index in [4.69, 9.17) is 27.9 Å². The zero-order valence-electron chi connectivity index (χ0n) is 21.5. The maximum absolute atomic E-state index is 12.9. The number of allylic oxidation sites excluding steroid dienone is 2. The lowest BCUT2D eigenvalue weighted by atomic mass is 9.74. The van der Waals surface area contributed by atoms with Crippen LogP contribution in [0.3, 0.4) is 0 Å². The summed E-state index contributed by atoms with van der Waals surface area (Å²) < 4.78 is 6.78. The van der Waals surface area contributed by atoms with Gasteiger partial charge in [0.1, 0.15) is 6.04 Å². The van der Waals surface area contributed by atoms with Crippen LogP contribution in [0.4, 0.5) is 5.69 Å². The second-order valence-electron chi connectivity index (χ2n) is 9.13. The number of nitrogens with zero attached hydrogens (tertiary/aromatic N) is 5. The number of ketones is 1. The molecule has 2 N–H and O–H groups in total. The predicted octanol–water partition coefficient (Wildman–Crippen LogP) is 3.84. The Morgan fingerprint density at radius 2 is 1.82 bits per heavy atom. The molecule has 0 saturated heterocycles. The van der Waals surface area contributed by atoms with Gasteiger partial charge in [-0.05, 0) is 60.7 Å². The number of benzene rings is 1. The third-order valence-corrected chi connectivity index (χ3v) is 7.72. The summed E-state index contributed by atoms with van der Waals surface area (Å²) in [7, 11) is 1.68. The SMILES string of the molecule is CCOC(=O)[C@H](Cc1ccc(NC(=O)c2c(Cl)cncc2Cl)cc1)NC1=C(Sc2nnnn2C)C(=O)C1(C)C. The van der Waals surface area contributed by atoms with Crippen LogP contribution < -0.4 is 10.6 Å². The number of hydrogen-bond donors (Lipinski definition) is 2. The number of rotatable bonds is 10. The number of carbonyl (C=O) groups excluding carboxylic acids is 3. The molecule has 0 spiro atoms. The molecule has 39 heavy (non-hydrogen) atoms. The fraction of sp³-hybridized carbons (Fsp3) is 0.320. The number of nitrogens with one attached hydrogen (secondary N) is 2. The molecule has 0 unspecified atom stereocenters. The van der Waals surface area contributed by atoms with Gasteiger partial charge in [0.05, 0.1) is 32.5 Å². The van der Waals surface area contributed by atoms with Crippen LogP contribution in [0.2, 0.25) is 10.0 Å². The van der Waals surface area contributed by atoms with Gasteiger partial charge < -0.3 is 15.4 Å². The number of aromatic nitrogens is 5. The summed E-state index contributed by atoms with van der Waals surface area (Å²) in [6.07, 6.45) is 2.95. The minimum Gasteiger partial charge on any atom is -0.464 e. The van der Waals surface area contributed by atoms with Crippen molar-refractivity contribution in [2.45, 2.75) is 38.4 Å². The third kappa shape index (κ3) is 6.07. The first-order chi connectivity index (χ1) is 18.5. The lowest BCUT2D eigenvalue weighted by Crippen LogP contribution is -2.51. The number of pyridine rings is 1. The number of hydrogen-bond acceptors (Lipinski definition) is 10. The summed E-state index contributed by atoms with van der Waals surface area (Å²) >= 11 is 13.3. The molecule has 204 valence electrons. The first-order valence-corrected chi connectivity index (χ1v) is 13.4. The Labute approximate surface area is 238 Å². The molecule has 0 aliphatic heterocycles. The third-order valence-electron chi connectivity index (χ3n) is 6.02. The second kappa shape index (κ2) is 11.7. The molecule has 1 amide bonds. The van der Waals surface area contributed by atoms with E-state index >= 15 is 0 Å².